The monoisotopic (exact) mass is 410 g/mol. The van der Waals surface area contributed by atoms with Crippen LogP contribution in [0.25, 0.3) is 0 Å². The van der Waals surface area contributed by atoms with E-state index in [1.54, 1.807) is 43.3 Å². The van der Waals surface area contributed by atoms with Crippen LogP contribution in [-0.2, 0) is 22.6 Å². The van der Waals surface area contributed by atoms with Crippen LogP contribution < -0.4 is 4.74 Å². The zero-order valence-corrected chi connectivity index (χ0v) is 17.0. The SMILES string of the molecule is Cc1noc(C)c1COc1ccc(CC(=O)O[C@@H](C)c2cccc([N+](=O)[O-])c2)cc1. The van der Waals surface area contributed by atoms with Crippen molar-refractivity contribution in [3.63, 3.8) is 0 Å². The highest BCUT2D eigenvalue weighted by Crippen LogP contribution is 2.23. The van der Waals surface area contributed by atoms with Gasteiger partial charge < -0.3 is 14.0 Å². The van der Waals surface area contributed by atoms with Gasteiger partial charge in [-0.1, -0.05) is 29.4 Å². The van der Waals surface area contributed by atoms with E-state index in [2.05, 4.69) is 5.16 Å². The maximum absolute atomic E-state index is 12.3. The van der Waals surface area contributed by atoms with Gasteiger partial charge >= 0.3 is 5.97 Å². The number of aromatic nitrogens is 1. The lowest BCUT2D eigenvalue weighted by Crippen LogP contribution is -2.11. The summed E-state index contributed by atoms with van der Waals surface area (Å²) in [7, 11) is 0. The molecule has 0 aliphatic carbocycles. The molecule has 30 heavy (non-hydrogen) atoms. The second-order valence-corrected chi connectivity index (χ2v) is 6.90. The molecule has 0 N–H and O–H groups in total. The number of nitrogens with zero attached hydrogens (tertiary/aromatic N) is 2. The average molecular weight is 410 g/mol. The molecule has 0 unspecified atom stereocenters. The first-order chi connectivity index (χ1) is 14.3. The third kappa shape index (κ3) is 5.22. The Labute approximate surface area is 173 Å². The zero-order chi connectivity index (χ0) is 21.7. The Morgan fingerprint density at radius 3 is 2.57 bits per heavy atom. The summed E-state index contributed by atoms with van der Waals surface area (Å²) in [6, 6.07) is 13.2. The third-order valence-electron chi connectivity index (χ3n) is 4.69. The molecular formula is C22H22N2O6. The number of rotatable bonds is 8. The summed E-state index contributed by atoms with van der Waals surface area (Å²) in [5.74, 6) is 0.972. The van der Waals surface area contributed by atoms with Crippen molar-refractivity contribution in [3.8, 4) is 5.75 Å². The molecule has 0 saturated heterocycles. The minimum absolute atomic E-state index is 0.0393. The van der Waals surface area contributed by atoms with Crippen molar-refractivity contribution in [1.82, 2.24) is 5.16 Å². The smallest absolute Gasteiger partial charge is 0.310 e. The first-order valence-corrected chi connectivity index (χ1v) is 9.41. The van der Waals surface area contributed by atoms with Crippen LogP contribution in [0.2, 0.25) is 0 Å². The molecule has 3 rings (SSSR count). The van der Waals surface area contributed by atoms with Gasteiger partial charge in [0, 0.05) is 12.1 Å². The molecule has 0 radical (unpaired) electrons. The molecular weight excluding hydrogens is 388 g/mol. The number of carbonyl (C=O) groups is 1. The highest BCUT2D eigenvalue weighted by molar-refractivity contribution is 5.73. The van der Waals surface area contributed by atoms with Crippen LogP contribution in [0.3, 0.4) is 0 Å². The molecule has 0 aliphatic rings. The van der Waals surface area contributed by atoms with Crippen LogP contribution in [-0.4, -0.2) is 16.0 Å². The fourth-order valence-electron chi connectivity index (χ4n) is 2.93. The average Bonchev–Trinajstić information content (AvgIpc) is 3.05. The Kier molecular flexibility index (Phi) is 6.46. The summed E-state index contributed by atoms with van der Waals surface area (Å²) >= 11 is 0. The highest BCUT2D eigenvalue weighted by Gasteiger charge is 2.15. The van der Waals surface area contributed by atoms with Gasteiger partial charge in [-0.3, -0.25) is 14.9 Å². The normalized spacial score (nSPS) is 11.7. The first kappa shape index (κ1) is 21.0. The van der Waals surface area contributed by atoms with Crippen molar-refractivity contribution in [1.29, 1.82) is 0 Å². The number of hydrogen-bond donors (Lipinski definition) is 0. The van der Waals surface area contributed by atoms with E-state index < -0.39 is 17.0 Å². The minimum atomic E-state index is -0.588. The van der Waals surface area contributed by atoms with Crippen molar-refractivity contribution in [3.05, 3.63) is 86.8 Å². The van der Waals surface area contributed by atoms with Gasteiger partial charge in [-0.15, -0.1) is 0 Å². The predicted octanol–water partition coefficient (Wildman–Crippen LogP) is 4.63. The lowest BCUT2D eigenvalue weighted by Gasteiger charge is -2.13. The van der Waals surface area contributed by atoms with E-state index in [9.17, 15) is 14.9 Å². The molecule has 156 valence electrons. The molecule has 8 heteroatoms. The predicted molar refractivity (Wildman–Crippen MR) is 108 cm³/mol. The van der Waals surface area contributed by atoms with Gasteiger partial charge in [-0.05, 0) is 44.0 Å². The minimum Gasteiger partial charge on any atom is -0.489 e. The first-order valence-electron chi connectivity index (χ1n) is 9.41. The Morgan fingerprint density at radius 2 is 1.93 bits per heavy atom. The van der Waals surface area contributed by atoms with Crippen molar-refractivity contribution in [2.24, 2.45) is 0 Å². The third-order valence-corrected chi connectivity index (χ3v) is 4.69. The van der Waals surface area contributed by atoms with Gasteiger partial charge in [0.15, 0.2) is 0 Å². The summed E-state index contributed by atoms with van der Waals surface area (Å²) in [5, 5.41) is 14.8. The number of carbonyl (C=O) groups excluding carboxylic acids is 1. The maximum Gasteiger partial charge on any atom is 0.310 e. The number of hydrogen-bond acceptors (Lipinski definition) is 7. The fourth-order valence-corrected chi connectivity index (χ4v) is 2.93. The molecule has 0 amide bonds. The maximum atomic E-state index is 12.3. The molecule has 1 atom stereocenters. The summed E-state index contributed by atoms with van der Waals surface area (Å²) in [6.45, 7) is 5.73. The van der Waals surface area contributed by atoms with Gasteiger partial charge in [0.05, 0.1) is 22.6 Å². The number of benzene rings is 2. The molecule has 1 heterocycles. The van der Waals surface area contributed by atoms with Crippen LogP contribution in [0.15, 0.2) is 53.1 Å². The number of aryl methyl sites for hydroxylation is 2. The topological polar surface area (TPSA) is 105 Å². The van der Waals surface area contributed by atoms with Gasteiger partial charge in [-0.2, -0.15) is 0 Å². The van der Waals surface area contributed by atoms with E-state index in [-0.39, 0.29) is 12.1 Å². The summed E-state index contributed by atoms with van der Waals surface area (Å²) < 4.78 is 16.3. The Hall–Kier alpha value is -3.68. The summed E-state index contributed by atoms with van der Waals surface area (Å²) in [6.07, 6.45) is -0.501. The van der Waals surface area contributed by atoms with E-state index in [0.29, 0.717) is 17.9 Å². The fraction of sp³-hybridized carbons (Fsp3) is 0.273. The van der Waals surface area contributed by atoms with Gasteiger partial charge in [0.25, 0.3) is 5.69 Å². The van der Waals surface area contributed by atoms with E-state index >= 15 is 0 Å². The molecule has 0 spiro atoms. The molecule has 3 aromatic rings. The van der Waals surface area contributed by atoms with Crippen LogP contribution in [0.5, 0.6) is 5.75 Å². The zero-order valence-electron chi connectivity index (χ0n) is 17.0. The van der Waals surface area contributed by atoms with Crippen molar-refractivity contribution >= 4 is 11.7 Å². The van der Waals surface area contributed by atoms with Crippen molar-refractivity contribution in [2.45, 2.75) is 39.9 Å². The van der Waals surface area contributed by atoms with Crippen LogP contribution >= 0.6 is 0 Å². The standard InChI is InChI=1S/C22H22N2O6/c1-14-21(16(3)30-23-14)13-28-20-9-7-17(8-10-20)11-22(25)29-15(2)18-5-4-6-19(12-18)24(26)27/h4-10,12,15H,11,13H2,1-3H3/t15-/m0/s1. The number of esters is 1. The lowest BCUT2D eigenvalue weighted by atomic mass is 10.1. The van der Waals surface area contributed by atoms with E-state index in [1.165, 1.54) is 12.1 Å². The molecule has 0 fully saturated rings. The number of nitro benzene ring substituents is 1. The second kappa shape index (κ2) is 9.21. The van der Waals surface area contributed by atoms with Crippen molar-refractivity contribution in [2.75, 3.05) is 0 Å². The van der Waals surface area contributed by atoms with Crippen LogP contribution in [0, 0.1) is 24.0 Å². The molecule has 0 aliphatic heterocycles. The quantitative estimate of drug-likeness (QED) is 0.303. The Morgan fingerprint density at radius 1 is 1.20 bits per heavy atom. The van der Waals surface area contributed by atoms with Gasteiger partial charge in [-0.25, -0.2) is 0 Å². The molecule has 1 aromatic heterocycles. The van der Waals surface area contributed by atoms with Crippen LogP contribution in [0.4, 0.5) is 5.69 Å². The van der Waals surface area contributed by atoms with Crippen molar-refractivity contribution < 1.29 is 23.7 Å². The molecule has 8 nitrogen and oxygen atoms in total. The number of nitro groups is 1. The van der Waals surface area contributed by atoms with E-state index in [4.69, 9.17) is 14.0 Å². The molecule has 0 saturated carbocycles. The summed E-state index contributed by atoms with van der Waals surface area (Å²) in [5.41, 5.74) is 3.02. The van der Waals surface area contributed by atoms with Crippen LogP contribution in [0.1, 0.15) is 41.2 Å². The molecule has 2 aromatic carbocycles. The Bertz CT molecular complexity index is 1020. The van der Waals surface area contributed by atoms with E-state index in [0.717, 1.165) is 22.6 Å². The van der Waals surface area contributed by atoms with Gasteiger partial charge in [0.2, 0.25) is 0 Å². The lowest BCUT2D eigenvalue weighted by molar-refractivity contribution is -0.385. The number of non-ortho nitro benzene ring substituents is 1. The van der Waals surface area contributed by atoms with Gasteiger partial charge in [0.1, 0.15) is 24.2 Å². The number of ether oxygens (including phenoxy) is 2. The van der Waals surface area contributed by atoms with E-state index in [1.807, 2.05) is 13.8 Å². The largest absolute Gasteiger partial charge is 0.489 e. The Balaban J connectivity index is 1.54. The molecule has 0 bridgehead atoms. The highest BCUT2D eigenvalue weighted by atomic mass is 16.6. The summed E-state index contributed by atoms with van der Waals surface area (Å²) in [4.78, 5) is 22.7. The second-order valence-electron chi connectivity index (χ2n) is 6.90.